The number of aliphatic carboxylic acids is 4. The third-order valence-corrected chi connectivity index (χ3v) is 15.7. The Morgan fingerprint density at radius 2 is 1.28 bits per heavy atom. The molecule has 2 aromatic rings. The van der Waals surface area contributed by atoms with Crippen molar-refractivity contribution in [1.82, 2.24) is 34.7 Å². The zero-order valence-corrected chi connectivity index (χ0v) is 47.7. The fourth-order valence-corrected chi connectivity index (χ4v) is 11.6. The standard InChI is InChI=1S/C57H87N9O13/c1-38(2)44-32-43(14-15-46(44)59-47(54-48(77-7)12-9-13-49(54)78-8)33-45(58)55(74)60-57(56(75)76)40(4)30-41-28-39(3)29-42(57)31-41)79-27-11-17-61(5)16-10-18-62(6)50(67)34-63-19-21-64(35-51(68)69)23-25-66(37-53(72)73)26-24-65(22-20-63)36-52(70)71/h9,12-15,32-33,38-42H,10-11,16-31,34-37,58H2,1-8H3,(H,60,74)(H,68,69)(H,70,71)(H,72,73)(H,75,76)/b45-33-,59-47?. The van der Waals surface area contributed by atoms with Crippen LogP contribution in [0.25, 0.3) is 0 Å². The van der Waals surface area contributed by atoms with E-state index in [-0.39, 0.29) is 61.2 Å². The molecule has 3 fully saturated rings. The Morgan fingerprint density at radius 1 is 0.747 bits per heavy atom. The number of ether oxygens (including phenoxy) is 3. The van der Waals surface area contributed by atoms with Crippen molar-refractivity contribution in [2.45, 2.75) is 77.7 Å². The molecule has 2 aliphatic carbocycles. The number of nitrogens with zero attached hydrogens (tertiary/aromatic N) is 7. The maximum absolute atomic E-state index is 14.2. The lowest BCUT2D eigenvalue weighted by Crippen LogP contribution is -2.67. The first kappa shape index (κ1) is 63.5. The Labute approximate surface area is 465 Å². The lowest BCUT2D eigenvalue weighted by molar-refractivity contribution is -0.158. The number of carbonyl (C=O) groups excluding carboxylic acids is 2. The van der Waals surface area contributed by atoms with Gasteiger partial charge in [-0.15, -0.1) is 0 Å². The second-order valence-electron chi connectivity index (χ2n) is 22.1. The van der Waals surface area contributed by atoms with E-state index in [1.165, 1.54) is 20.3 Å². The normalized spacial score (nSPS) is 22.4. The van der Waals surface area contributed by atoms with Crippen LogP contribution in [-0.2, 0) is 28.8 Å². The highest BCUT2D eigenvalue weighted by molar-refractivity contribution is 6.16. The van der Waals surface area contributed by atoms with E-state index < -0.39 is 35.3 Å². The minimum absolute atomic E-state index is 0.00509. The molecule has 5 rings (SSSR count). The molecule has 5 unspecified atom stereocenters. The van der Waals surface area contributed by atoms with Gasteiger partial charge in [-0.2, -0.15) is 0 Å². The summed E-state index contributed by atoms with van der Waals surface area (Å²) >= 11 is 0. The molecule has 1 saturated heterocycles. The van der Waals surface area contributed by atoms with Crippen molar-refractivity contribution in [3.05, 3.63) is 59.3 Å². The van der Waals surface area contributed by atoms with E-state index in [4.69, 9.17) is 24.9 Å². The number of nitrogens with two attached hydrogens (primary N) is 1. The lowest BCUT2D eigenvalue weighted by Gasteiger charge is -2.52. The van der Waals surface area contributed by atoms with E-state index in [1.54, 1.807) is 44.8 Å². The molecule has 22 nitrogen and oxygen atoms in total. The van der Waals surface area contributed by atoms with E-state index in [1.807, 2.05) is 50.9 Å². The zero-order valence-electron chi connectivity index (χ0n) is 47.7. The van der Waals surface area contributed by atoms with E-state index in [0.29, 0.717) is 125 Å². The second kappa shape index (κ2) is 30.3. The number of carboxylic acid groups (broad SMARTS) is 4. The molecule has 2 amide bonds. The highest BCUT2D eigenvalue weighted by Crippen LogP contribution is 2.50. The number of carboxylic acids is 4. The summed E-state index contributed by atoms with van der Waals surface area (Å²) in [5.41, 5.74) is 7.16. The van der Waals surface area contributed by atoms with E-state index >= 15 is 0 Å². The molecular formula is C57H87N9O13. The molecule has 2 aromatic carbocycles. The number of rotatable bonds is 26. The van der Waals surface area contributed by atoms with Crippen LogP contribution in [0, 0.1) is 23.7 Å². The molecular weight excluding hydrogens is 1020 g/mol. The van der Waals surface area contributed by atoms with Gasteiger partial charge in [0.1, 0.15) is 22.8 Å². The molecule has 7 N–H and O–H groups in total. The summed E-state index contributed by atoms with van der Waals surface area (Å²) in [6.07, 6.45) is 6.08. The van der Waals surface area contributed by atoms with Gasteiger partial charge >= 0.3 is 23.9 Å². The average Bonchev–Trinajstić information content (AvgIpc) is 3.55. The summed E-state index contributed by atoms with van der Waals surface area (Å²) in [7, 11) is 6.82. The van der Waals surface area contributed by atoms with Gasteiger partial charge in [-0.05, 0) is 124 Å². The number of hydrogen-bond acceptors (Lipinski definition) is 16. The van der Waals surface area contributed by atoms with E-state index in [0.717, 1.165) is 37.9 Å². The van der Waals surface area contributed by atoms with Crippen LogP contribution in [0.4, 0.5) is 5.69 Å². The second-order valence-corrected chi connectivity index (χ2v) is 22.1. The third kappa shape index (κ3) is 18.6. The fourth-order valence-electron chi connectivity index (χ4n) is 11.6. The summed E-state index contributed by atoms with van der Waals surface area (Å²) in [6.45, 7) is 12.4. The van der Waals surface area contributed by atoms with Crippen LogP contribution in [0.2, 0.25) is 0 Å². The number of nitrogens with one attached hydrogen (secondary N) is 1. The van der Waals surface area contributed by atoms with Gasteiger partial charge in [-0.25, -0.2) is 9.79 Å². The number of benzene rings is 2. The zero-order chi connectivity index (χ0) is 58.0. The Hall–Kier alpha value is -6.33. The molecule has 3 aliphatic rings. The maximum atomic E-state index is 14.2. The number of likely N-dealkylation sites (N-methyl/N-ethyl adjacent to an activating group) is 1. The number of amides is 2. The molecule has 1 aliphatic heterocycles. The Morgan fingerprint density at radius 3 is 1.78 bits per heavy atom. The quantitative estimate of drug-likeness (QED) is 0.0443. The van der Waals surface area contributed by atoms with Crippen LogP contribution in [0.1, 0.15) is 83.3 Å². The third-order valence-electron chi connectivity index (χ3n) is 15.7. The summed E-state index contributed by atoms with van der Waals surface area (Å²) in [6, 6.07) is 10.9. The first-order valence-corrected chi connectivity index (χ1v) is 27.6. The Balaban J connectivity index is 1.20. The number of carbonyl (C=O) groups is 6. The van der Waals surface area contributed by atoms with E-state index in [9.17, 15) is 49.2 Å². The van der Waals surface area contributed by atoms with Gasteiger partial charge in [0, 0.05) is 72.5 Å². The van der Waals surface area contributed by atoms with Crippen LogP contribution >= 0.6 is 0 Å². The largest absolute Gasteiger partial charge is 0.496 e. The minimum Gasteiger partial charge on any atom is -0.496 e. The molecule has 1 heterocycles. The van der Waals surface area contributed by atoms with Crippen molar-refractivity contribution in [2.75, 3.05) is 133 Å². The fraction of sp³-hybridized carbons (Fsp3) is 0.632. The molecule has 438 valence electrons. The van der Waals surface area contributed by atoms with Crippen molar-refractivity contribution in [3.63, 3.8) is 0 Å². The molecule has 2 bridgehead atoms. The topological polar surface area (TPSA) is 281 Å². The maximum Gasteiger partial charge on any atom is 0.329 e. The smallest absolute Gasteiger partial charge is 0.329 e. The van der Waals surface area contributed by atoms with Gasteiger partial charge in [-0.3, -0.25) is 43.6 Å². The van der Waals surface area contributed by atoms with Crippen LogP contribution < -0.4 is 25.3 Å². The number of fused-ring (bicyclic) bond motifs is 2. The number of aliphatic imine (C=N–C) groups is 1. The summed E-state index contributed by atoms with van der Waals surface area (Å²) in [5.74, 6) is -3.17. The first-order chi connectivity index (χ1) is 37.5. The number of methoxy groups -OCH3 is 2. The van der Waals surface area contributed by atoms with Gasteiger partial charge in [0.2, 0.25) is 5.91 Å². The highest BCUT2D eigenvalue weighted by Gasteiger charge is 2.56. The molecule has 22 heteroatoms. The number of hydrogen-bond donors (Lipinski definition) is 6. The Kier molecular flexibility index (Phi) is 24.4. The van der Waals surface area contributed by atoms with Gasteiger partial charge in [0.15, 0.2) is 0 Å². The minimum atomic E-state index is -1.47. The van der Waals surface area contributed by atoms with E-state index in [2.05, 4.69) is 17.1 Å². The van der Waals surface area contributed by atoms with Crippen molar-refractivity contribution in [3.8, 4) is 17.2 Å². The van der Waals surface area contributed by atoms with Gasteiger partial charge < -0.3 is 55.5 Å². The molecule has 2 saturated carbocycles. The van der Waals surface area contributed by atoms with Crippen molar-refractivity contribution >= 4 is 47.1 Å². The van der Waals surface area contributed by atoms with Crippen LogP contribution in [-0.4, -0.2) is 230 Å². The summed E-state index contributed by atoms with van der Waals surface area (Å²) in [4.78, 5) is 91.9. The summed E-state index contributed by atoms with van der Waals surface area (Å²) < 4.78 is 17.8. The molecule has 5 atom stereocenters. The van der Waals surface area contributed by atoms with Gasteiger partial charge in [-0.1, -0.05) is 33.8 Å². The molecule has 0 spiro atoms. The first-order valence-electron chi connectivity index (χ1n) is 27.6. The highest BCUT2D eigenvalue weighted by atomic mass is 16.5. The lowest BCUT2D eigenvalue weighted by atomic mass is 9.56. The monoisotopic (exact) mass is 1110 g/mol. The van der Waals surface area contributed by atoms with Crippen LogP contribution in [0.15, 0.2) is 53.2 Å². The molecule has 0 aromatic heterocycles. The predicted molar refractivity (Wildman–Crippen MR) is 299 cm³/mol. The SMILES string of the molecule is COc1cccc(OC)c1C(/C=C(\N)C(=O)NC1(C(=O)O)C(C)CC2CC(C)CC1C2)=Nc1ccc(OCCCN(C)CCCN(C)C(=O)CN2CCN(CC(=O)O)CCN(CC(=O)O)CCN(CC(=O)O)CC2)cc1C(C)C. The van der Waals surface area contributed by atoms with Gasteiger partial charge in [0.25, 0.3) is 5.91 Å². The summed E-state index contributed by atoms with van der Waals surface area (Å²) in [5, 5.41) is 42.3. The molecule has 79 heavy (non-hydrogen) atoms. The average molecular weight is 1110 g/mol. The predicted octanol–water partition coefficient (Wildman–Crippen LogP) is 3.85. The van der Waals surface area contributed by atoms with Gasteiger partial charge in [0.05, 0.1) is 69.7 Å². The Bertz CT molecular complexity index is 2410. The molecule has 0 radical (unpaired) electrons. The van der Waals surface area contributed by atoms with Crippen molar-refractivity contribution in [2.24, 2.45) is 34.4 Å². The number of allylic oxidation sites excluding steroid dienone is 1. The van der Waals surface area contributed by atoms with Crippen molar-refractivity contribution in [1.29, 1.82) is 0 Å². The van der Waals surface area contributed by atoms with Crippen molar-refractivity contribution < 1.29 is 63.4 Å². The van der Waals surface area contributed by atoms with Crippen LogP contribution in [0.5, 0.6) is 17.2 Å². The van der Waals surface area contributed by atoms with Crippen LogP contribution in [0.3, 0.4) is 0 Å².